The molecular formula is C19H16BrCl2N3O2. The quantitative estimate of drug-likeness (QED) is 0.400. The SMILES string of the molecule is Nc1c(Br)cc(Cl)cc1C(=O)c1ccc(Cl)c2nn(C3CCCCO3)cc12. The monoisotopic (exact) mass is 467 g/mol. The Morgan fingerprint density at radius 3 is 2.81 bits per heavy atom. The first kappa shape index (κ1) is 18.7. The molecule has 0 bridgehead atoms. The second-order valence-electron chi connectivity index (χ2n) is 6.47. The number of carbonyl (C=O) groups excluding carboxylic acids is 1. The van der Waals surface area contributed by atoms with Crippen molar-refractivity contribution in [1.82, 2.24) is 9.78 Å². The first-order valence-corrected chi connectivity index (χ1v) is 10.1. The van der Waals surface area contributed by atoms with Crippen molar-refractivity contribution in [2.24, 2.45) is 0 Å². The fourth-order valence-corrected chi connectivity index (χ4v) is 4.30. The van der Waals surface area contributed by atoms with E-state index in [1.807, 2.05) is 6.20 Å². The normalized spacial score (nSPS) is 17.4. The second-order valence-corrected chi connectivity index (χ2v) is 8.16. The number of nitrogen functional groups attached to an aromatic ring is 1. The topological polar surface area (TPSA) is 70.1 Å². The van der Waals surface area contributed by atoms with E-state index in [9.17, 15) is 4.79 Å². The third-order valence-electron chi connectivity index (χ3n) is 4.68. The molecule has 1 atom stereocenters. The number of carbonyl (C=O) groups is 1. The molecule has 4 rings (SSSR count). The standard InChI is InChI=1S/C19H16BrCl2N3O2/c20-14-8-10(21)7-12(17(14)23)19(26)11-4-5-15(22)18-13(11)9-25(24-18)16-3-1-2-6-27-16/h4-5,7-9,16H,1-3,6,23H2. The molecule has 2 heterocycles. The molecule has 0 amide bonds. The molecule has 140 valence electrons. The zero-order valence-electron chi connectivity index (χ0n) is 14.2. The summed E-state index contributed by atoms with van der Waals surface area (Å²) in [5, 5.41) is 6.14. The number of nitrogens with zero attached hydrogens (tertiary/aromatic N) is 2. The van der Waals surface area contributed by atoms with Gasteiger partial charge in [0.15, 0.2) is 5.78 Å². The van der Waals surface area contributed by atoms with Gasteiger partial charge in [-0.25, -0.2) is 4.68 Å². The molecule has 0 aliphatic carbocycles. The smallest absolute Gasteiger partial charge is 0.195 e. The van der Waals surface area contributed by atoms with Crippen LogP contribution in [-0.2, 0) is 4.74 Å². The van der Waals surface area contributed by atoms with E-state index in [-0.39, 0.29) is 12.0 Å². The number of fused-ring (bicyclic) bond motifs is 1. The van der Waals surface area contributed by atoms with E-state index >= 15 is 0 Å². The summed E-state index contributed by atoms with van der Waals surface area (Å²) >= 11 is 15.8. The molecule has 3 aromatic rings. The Bertz CT molecular complexity index is 1050. The van der Waals surface area contributed by atoms with Gasteiger partial charge in [-0.05, 0) is 59.5 Å². The minimum Gasteiger partial charge on any atom is -0.397 e. The molecular weight excluding hydrogens is 453 g/mol. The van der Waals surface area contributed by atoms with E-state index in [2.05, 4.69) is 21.0 Å². The number of ether oxygens (including phenoxy) is 1. The van der Waals surface area contributed by atoms with E-state index in [1.54, 1.807) is 28.9 Å². The fraction of sp³-hybridized carbons (Fsp3) is 0.263. The van der Waals surface area contributed by atoms with Crippen molar-refractivity contribution in [3.63, 3.8) is 0 Å². The Morgan fingerprint density at radius 1 is 1.26 bits per heavy atom. The minimum atomic E-state index is -0.235. The van der Waals surface area contributed by atoms with Crippen LogP contribution in [0.4, 0.5) is 5.69 Å². The molecule has 1 aliphatic heterocycles. The van der Waals surface area contributed by atoms with Crippen molar-refractivity contribution in [2.45, 2.75) is 25.5 Å². The third-order valence-corrected chi connectivity index (χ3v) is 5.86. The van der Waals surface area contributed by atoms with Crippen LogP contribution in [-0.4, -0.2) is 22.2 Å². The van der Waals surface area contributed by atoms with Crippen molar-refractivity contribution < 1.29 is 9.53 Å². The van der Waals surface area contributed by atoms with E-state index in [1.165, 1.54) is 0 Å². The maximum Gasteiger partial charge on any atom is 0.195 e. The highest BCUT2D eigenvalue weighted by Crippen LogP contribution is 2.34. The summed E-state index contributed by atoms with van der Waals surface area (Å²) in [4.78, 5) is 13.2. The van der Waals surface area contributed by atoms with Gasteiger partial charge in [-0.15, -0.1) is 0 Å². The van der Waals surface area contributed by atoms with Gasteiger partial charge in [-0.3, -0.25) is 4.79 Å². The summed E-state index contributed by atoms with van der Waals surface area (Å²) in [6, 6.07) is 6.59. The lowest BCUT2D eigenvalue weighted by Crippen LogP contribution is -2.18. The van der Waals surface area contributed by atoms with Gasteiger partial charge in [0.1, 0.15) is 11.7 Å². The van der Waals surface area contributed by atoms with Crippen LogP contribution in [0, 0.1) is 0 Å². The number of hydrogen-bond donors (Lipinski definition) is 1. The van der Waals surface area contributed by atoms with Crippen LogP contribution in [0.2, 0.25) is 10.0 Å². The van der Waals surface area contributed by atoms with Gasteiger partial charge in [0.25, 0.3) is 0 Å². The van der Waals surface area contributed by atoms with Crippen molar-refractivity contribution in [3.05, 3.63) is 56.1 Å². The summed E-state index contributed by atoms with van der Waals surface area (Å²) in [5.41, 5.74) is 7.80. The van der Waals surface area contributed by atoms with Crippen molar-refractivity contribution in [3.8, 4) is 0 Å². The Kier molecular flexibility index (Phi) is 5.16. The zero-order chi connectivity index (χ0) is 19.1. The van der Waals surface area contributed by atoms with E-state index in [0.717, 1.165) is 19.3 Å². The van der Waals surface area contributed by atoms with Crippen molar-refractivity contribution in [2.75, 3.05) is 12.3 Å². The molecule has 2 aromatic carbocycles. The number of nitrogens with two attached hydrogens (primary N) is 1. The molecule has 2 N–H and O–H groups in total. The van der Waals surface area contributed by atoms with Crippen LogP contribution < -0.4 is 5.73 Å². The Labute approximate surface area is 174 Å². The van der Waals surface area contributed by atoms with Gasteiger partial charge < -0.3 is 10.5 Å². The highest BCUT2D eigenvalue weighted by atomic mass is 79.9. The van der Waals surface area contributed by atoms with E-state index < -0.39 is 0 Å². The summed E-state index contributed by atoms with van der Waals surface area (Å²) in [6.07, 6.45) is 4.68. The number of halogens is 3. The van der Waals surface area contributed by atoms with Crippen molar-refractivity contribution >= 4 is 61.5 Å². The average Bonchev–Trinajstić information content (AvgIpc) is 3.11. The second kappa shape index (κ2) is 7.43. The first-order chi connectivity index (χ1) is 13.0. The van der Waals surface area contributed by atoms with E-state index in [0.29, 0.717) is 48.8 Å². The summed E-state index contributed by atoms with van der Waals surface area (Å²) in [6.45, 7) is 0.702. The van der Waals surface area contributed by atoms with Crippen LogP contribution >= 0.6 is 39.1 Å². The lowest BCUT2D eigenvalue weighted by Gasteiger charge is -2.22. The zero-order valence-corrected chi connectivity index (χ0v) is 17.3. The van der Waals surface area contributed by atoms with Crippen LogP contribution in [0.15, 0.2) is 34.9 Å². The van der Waals surface area contributed by atoms with Crippen molar-refractivity contribution in [1.29, 1.82) is 0 Å². The molecule has 27 heavy (non-hydrogen) atoms. The lowest BCUT2D eigenvalue weighted by molar-refractivity contribution is -0.0390. The van der Waals surface area contributed by atoms with E-state index in [4.69, 9.17) is 33.7 Å². The predicted molar refractivity (Wildman–Crippen MR) is 111 cm³/mol. The van der Waals surface area contributed by atoms with Crippen LogP contribution in [0.25, 0.3) is 10.9 Å². The molecule has 1 unspecified atom stereocenters. The average molecular weight is 469 g/mol. The van der Waals surface area contributed by atoms with Crippen LogP contribution in [0.5, 0.6) is 0 Å². The molecule has 1 fully saturated rings. The molecule has 0 radical (unpaired) electrons. The van der Waals surface area contributed by atoms with Gasteiger partial charge in [-0.1, -0.05) is 23.2 Å². The maximum absolute atomic E-state index is 13.2. The summed E-state index contributed by atoms with van der Waals surface area (Å²) in [7, 11) is 0. The molecule has 1 saturated heterocycles. The fourth-order valence-electron chi connectivity index (χ4n) is 3.29. The molecule has 0 saturated carbocycles. The van der Waals surface area contributed by atoms with Gasteiger partial charge in [0.2, 0.25) is 0 Å². The highest BCUT2D eigenvalue weighted by molar-refractivity contribution is 9.10. The molecule has 1 aromatic heterocycles. The van der Waals surface area contributed by atoms with Gasteiger partial charge in [0.05, 0.1) is 10.7 Å². The number of rotatable bonds is 3. The van der Waals surface area contributed by atoms with Gasteiger partial charge in [0, 0.05) is 38.8 Å². The molecule has 1 aliphatic rings. The molecule has 5 nitrogen and oxygen atoms in total. The number of benzene rings is 2. The summed E-state index contributed by atoms with van der Waals surface area (Å²) < 4.78 is 8.13. The van der Waals surface area contributed by atoms with Crippen LogP contribution in [0.1, 0.15) is 41.4 Å². The predicted octanol–water partition coefficient (Wildman–Crippen LogP) is 5.62. The number of hydrogen-bond acceptors (Lipinski definition) is 4. The first-order valence-electron chi connectivity index (χ1n) is 8.54. The Morgan fingerprint density at radius 2 is 2.07 bits per heavy atom. The van der Waals surface area contributed by atoms with Crippen LogP contribution in [0.3, 0.4) is 0 Å². The van der Waals surface area contributed by atoms with Gasteiger partial charge in [-0.2, -0.15) is 5.10 Å². The van der Waals surface area contributed by atoms with Gasteiger partial charge >= 0.3 is 0 Å². The largest absolute Gasteiger partial charge is 0.397 e. The maximum atomic E-state index is 13.2. The molecule has 8 heteroatoms. The minimum absolute atomic E-state index is 0.143. The number of aromatic nitrogens is 2. The lowest BCUT2D eigenvalue weighted by atomic mass is 9.99. The molecule has 0 spiro atoms. The summed E-state index contributed by atoms with van der Waals surface area (Å²) in [5.74, 6) is -0.235. The highest BCUT2D eigenvalue weighted by Gasteiger charge is 2.23. The Balaban J connectivity index is 1.83. The Hall–Kier alpha value is -1.60. The number of ketones is 1. The number of anilines is 1. The third kappa shape index (κ3) is 3.47.